The van der Waals surface area contributed by atoms with Gasteiger partial charge in [-0.1, -0.05) is 56.3 Å². The normalized spacial score (nSPS) is 12.4. The molecule has 0 aliphatic heterocycles. The summed E-state index contributed by atoms with van der Waals surface area (Å²) in [7, 11) is 0. The van der Waals surface area contributed by atoms with Gasteiger partial charge in [0, 0.05) is 16.8 Å². The molecule has 0 fully saturated rings. The van der Waals surface area contributed by atoms with Crippen LogP contribution in [-0.2, 0) is 16.8 Å². The van der Waals surface area contributed by atoms with E-state index in [1.165, 1.54) is 16.7 Å². The molecule has 40 heavy (non-hydrogen) atoms. The zero-order valence-corrected chi connectivity index (χ0v) is 23.4. The molecule has 1 atom stereocenters. The SMILES string of the molecule is Cc1nc(-c2ccccc2)n(CC(=O)N[C@H](C(=O)c2nnc(C(C)(C)c3ccc(F)cc3)o2)C(C)C)c(=O)c1C. The zero-order chi connectivity index (χ0) is 29.2. The smallest absolute Gasteiger partial charge is 0.286 e. The van der Waals surface area contributed by atoms with Crippen molar-refractivity contribution in [1.29, 1.82) is 0 Å². The van der Waals surface area contributed by atoms with Gasteiger partial charge in [-0.05, 0) is 51.3 Å². The van der Waals surface area contributed by atoms with Gasteiger partial charge in [0.2, 0.25) is 17.6 Å². The van der Waals surface area contributed by atoms with Gasteiger partial charge in [-0.3, -0.25) is 19.0 Å². The van der Waals surface area contributed by atoms with Gasteiger partial charge >= 0.3 is 0 Å². The van der Waals surface area contributed by atoms with Crippen LogP contribution in [0.2, 0.25) is 0 Å². The predicted molar refractivity (Wildman–Crippen MR) is 147 cm³/mol. The number of aryl methyl sites for hydroxylation is 1. The first-order chi connectivity index (χ1) is 18.9. The van der Waals surface area contributed by atoms with Gasteiger partial charge in [-0.25, -0.2) is 9.37 Å². The van der Waals surface area contributed by atoms with Crippen molar-refractivity contribution in [3.63, 3.8) is 0 Å². The molecular formula is C30H32FN5O4. The standard InChI is InChI=1S/C30H32FN5O4/c1-17(2)24(25(38)27-34-35-29(40-27)30(5,6)21-12-14-22(31)15-13-21)33-23(37)16-36-26(20-10-8-7-9-11-20)32-19(4)18(3)28(36)39/h7-15,17,24H,16H2,1-6H3,(H,33,37)/t24-/m0/s1. The highest BCUT2D eigenvalue weighted by atomic mass is 19.1. The van der Waals surface area contributed by atoms with Crippen molar-refractivity contribution >= 4 is 11.7 Å². The first-order valence-corrected chi connectivity index (χ1v) is 13.0. The van der Waals surface area contributed by atoms with E-state index in [9.17, 15) is 18.8 Å². The zero-order valence-electron chi connectivity index (χ0n) is 23.4. The molecule has 1 N–H and O–H groups in total. The second-order valence-electron chi connectivity index (χ2n) is 10.6. The maximum Gasteiger partial charge on any atom is 0.286 e. The van der Waals surface area contributed by atoms with E-state index in [4.69, 9.17) is 4.42 Å². The van der Waals surface area contributed by atoms with E-state index in [-0.39, 0.29) is 35.6 Å². The Hall–Kier alpha value is -4.47. The lowest BCUT2D eigenvalue weighted by Crippen LogP contribution is -2.46. The molecule has 0 saturated carbocycles. The number of halogens is 1. The Morgan fingerprint density at radius 1 is 1.02 bits per heavy atom. The summed E-state index contributed by atoms with van der Waals surface area (Å²) >= 11 is 0. The van der Waals surface area contributed by atoms with Crippen molar-refractivity contribution in [1.82, 2.24) is 25.1 Å². The fourth-order valence-electron chi connectivity index (χ4n) is 4.31. The van der Waals surface area contributed by atoms with Crippen molar-refractivity contribution in [3.8, 4) is 11.4 Å². The summed E-state index contributed by atoms with van der Waals surface area (Å²) in [4.78, 5) is 44.4. The molecule has 2 aromatic carbocycles. The molecule has 4 rings (SSSR count). The maximum atomic E-state index is 13.4. The Balaban J connectivity index is 1.58. The third-order valence-electron chi connectivity index (χ3n) is 6.97. The van der Waals surface area contributed by atoms with Crippen LogP contribution in [0.4, 0.5) is 4.39 Å². The Morgan fingerprint density at radius 2 is 1.68 bits per heavy atom. The number of benzene rings is 2. The Bertz CT molecular complexity index is 1590. The molecule has 0 saturated heterocycles. The van der Waals surface area contributed by atoms with E-state index >= 15 is 0 Å². The highest BCUT2D eigenvalue weighted by Gasteiger charge is 2.34. The van der Waals surface area contributed by atoms with Crippen LogP contribution < -0.4 is 10.9 Å². The number of hydrogen-bond donors (Lipinski definition) is 1. The predicted octanol–water partition coefficient (Wildman–Crippen LogP) is 4.40. The minimum atomic E-state index is -0.981. The quantitative estimate of drug-likeness (QED) is 0.310. The van der Waals surface area contributed by atoms with Crippen LogP contribution in [-0.4, -0.2) is 37.5 Å². The number of carbonyl (C=O) groups excluding carboxylic acids is 2. The van der Waals surface area contributed by atoms with Crippen molar-refractivity contribution in [2.75, 3.05) is 0 Å². The average Bonchev–Trinajstić information content (AvgIpc) is 3.44. The topological polar surface area (TPSA) is 120 Å². The van der Waals surface area contributed by atoms with Crippen LogP contribution in [0.25, 0.3) is 11.4 Å². The van der Waals surface area contributed by atoms with Gasteiger partial charge in [0.1, 0.15) is 18.2 Å². The van der Waals surface area contributed by atoms with Gasteiger partial charge in [0.15, 0.2) is 0 Å². The second kappa shape index (κ2) is 11.3. The number of aromatic nitrogens is 4. The van der Waals surface area contributed by atoms with Gasteiger partial charge in [-0.15, -0.1) is 10.2 Å². The van der Waals surface area contributed by atoms with E-state index in [1.807, 2.05) is 44.2 Å². The van der Waals surface area contributed by atoms with Gasteiger partial charge < -0.3 is 9.73 Å². The summed E-state index contributed by atoms with van der Waals surface area (Å²) in [5, 5.41) is 10.8. The van der Waals surface area contributed by atoms with Crippen molar-refractivity contribution in [3.05, 3.63) is 99.4 Å². The Kier molecular flexibility index (Phi) is 8.08. The minimum absolute atomic E-state index is 0.177. The number of carbonyl (C=O) groups is 2. The summed E-state index contributed by atoms with van der Waals surface area (Å²) < 4.78 is 20.5. The Labute approximate surface area is 231 Å². The van der Waals surface area contributed by atoms with Gasteiger partial charge in [0.25, 0.3) is 11.4 Å². The third kappa shape index (κ3) is 5.75. The maximum absolute atomic E-state index is 13.4. The lowest BCUT2D eigenvalue weighted by Gasteiger charge is -2.22. The number of rotatable bonds is 9. The van der Waals surface area contributed by atoms with Crippen LogP contribution in [0.3, 0.4) is 0 Å². The number of nitrogens with zero attached hydrogens (tertiary/aromatic N) is 4. The average molecular weight is 546 g/mol. The highest BCUT2D eigenvalue weighted by molar-refractivity contribution is 5.98. The molecule has 0 bridgehead atoms. The molecule has 10 heteroatoms. The molecule has 4 aromatic rings. The lowest BCUT2D eigenvalue weighted by atomic mass is 9.84. The van der Waals surface area contributed by atoms with Crippen LogP contribution >= 0.6 is 0 Å². The number of ketones is 1. The fraction of sp³-hybridized carbons (Fsp3) is 0.333. The van der Waals surface area contributed by atoms with Crippen LogP contribution in [0, 0.1) is 25.6 Å². The molecule has 0 unspecified atom stereocenters. The molecule has 2 heterocycles. The second-order valence-corrected chi connectivity index (χ2v) is 10.6. The lowest BCUT2D eigenvalue weighted by molar-refractivity contribution is -0.122. The molecule has 2 aromatic heterocycles. The van der Waals surface area contributed by atoms with Gasteiger partial charge in [-0.2, -0.15) is 0 Å². The van der Waals surface area contributed by atoms with E-state index in [0.29, 0.717) is 22.6 Å². The van der Waals surface area contributed by atoms with Crippen molar-refractivity contribution in [2.45, 2.75) is 59.5 Å². The fourth-order valence-corrected chi connectivity index (χ4v) is 4.31. The van der Waals surface area contributed by atoms with Crippen LogP contribution in [0.15, 0.2) is 63.8 Å². The largest absolute Gasteiger partial charge is 0.417 e. The summed E-state index contributed by atoms with van der Waals surface area (Å²) in [6.45, 7) is 10.3. The minimum Gasteiger partial charge on any atom is -0.417 e. The van der Waals surface area contributed by atoms with Crippen molar-refractivity contribution < 1.29 is 18.4 Å². The number of Topliss-reactive ketones (excluding diaryl/α,β-unsaturated/α-hetero) is 1. The molecular weight excluding hydrogens is 513 g/mol. The molecule has 0 spiro atoms. The number of amides is 1. The molecule has 208 valence electrons. The van der Waals surface area contributed by atoms with E-state index < -0.39 is 23.1 Å². The molecule has 0 aliphatic rings. The van der Waals surface area contributed by atoms with Crippen LogP contribution in [0.5, 0.6) is 0 Å². The summed E-state index contributed by atoms with van der Waals surface area (Å²) in [6.07, 6.45) is 0. The van der Waals surface area contributed by atoms with E-state index in [1.54, 1.807) is 39.8 Å². The molecule has 1 amide bonds. The van der Waals surface area contributed by atoms with Crippen molar-refractivity contribution in [2.24, 2.45) is 5.92 Å². The Morgan fingerprint density at radius 3 is 2.30 bits per heavy atom. The van der Waals surface area contributed by atoms with Gasteiger partial charge in [0.05, 0.1) is 11.5 Å². The summed E-state index contributed by atoms with van der Waals surface area (Å²) in [5.41, 5.74) is 1.30. The molecule has 0 radical (unpaired) electrons. The van der Waals surface area contributed by atoms with E-state index in [2.05, 4.69) is 20.5 Å². The first-order valence-electron chi connectivity index (χ1n) is 13.0. The first kappa shape index (κ1) is 28.5. The summed E-state index contributed by atoms with van der Waals surface area (Å²) in [6, 6.07) is 14.0. The van der Waals surface area contributed by atoms with E-state index in [0.717, 1.165) is 5.56 Å². The number of nitrogens with one attached hydrogen (secondary N) is 1. The molecule has 0 aliphatic carbocycles. The highest BCUT2D eigenvalue weighted by Crippen LogP contribution is 2.31. The number of hydrogen-bond acceptors (Lipinski definition) is 7. The third-order valence-corrected chi connectivity index (χ3v) is 6.97. The monoisotopic (exact) mass is 545 g/mol. The summed E-state index contributed by atoms with van der Waals surface area (Å²) in [5.74, 6) is -1.49. The van der Waals surface area contributed by atoms with Crippen LogP contribution in [0.1, 0.15) is 61.1 Å². The molecule has 9 nitrogen and oxygen atoms in total.